The maximum atomic E-state index is 12.2. The van der Waals surface area contributed by atoms with E-state index >= 15 is 0 Å². The summed E-state index contributed by atoms with van der Waals surface area (Å²) in [7, 11) is 1.43. The van der Waals surface area contributed by atoms with Crippen LogP contribution in [0.15, 0.2) is 48.5 Å². The van der Waals surface area contributed by atoms with Gasteiger partial charge in [0, 0.05) is 30.6 Å². The molecule has 0 radical (unpaired) electrons. The number of carbonyl (C=O) groups is 2. The van der Waals surface area contributed by atoms with Crippen molar-refractivity contribution in [3.05, 3.63) is 59.7 Å². The predicted molar refractivity (Wildman–Crippen MR) is 94.1 cm³/mol. The van der Waals surface area contributed by atoms with Crippen molar-refractivity contribution in [2.24, 2.45) is 5.73 Å². The van der Waals surface area contributed by atoms with Crippen LogP contribution in [0.2, 0.25) is 0 Å². The van der Waals surface area contributed by atoms with Crippen molar-refractivity contribution in [1.82, 2.24) is 0 Å². The van der Waals surface area contributed by atoms with Gasteiger partial charge in [-0.2, -0.15) is 0 Å². The van der Waals surface area contributed by atoms with Crippen molar-refractivity contribution in [3.63, 3.8) is 0 Å². The third kappa shape index (κ3) is 4.41. The van der Waals surface area contributed by atoms with Crippen LogP contribution in [0.25, 0.3) is 0 Å². The van der Waals surface area contributed by atoms with E-state index in [1.165, 1.54) is 7.11 Å². The molecule has 2 aromatic carbocycles. The fraction of sp³-hybridized carbons (Fsp3) is 0.222. The quantitative estimate of drug-likeness (QED) is 0.758. The highest BCUT2D eigenvalue weighted by Gasteiger charge is 2.17. The lowest BCUT2D eigenvalue weighted by Gasteiger charge is -2.15. The zero-order valence-corrected chi connectivity index (χ0v) is 13.7. The Kier molecular flexibility index (Phi) is 6.06. The standard InChI is InChI=1S/C18H21N3O3/c1-12-8-9-14(20-17(22)13-6-4-3-5-7-13)10-15(12)21-18(23)16(11-19)24-2/h3-10,16H,11,19H2,1-2H3,(H,20,22)(H,21,23)/t16-/m0/s1. The molecule has 0 unspecified atom stereocenters. The van der Waals surface area contributed by atoms with E-state index in [1.54, 1.807) is 36.4 Å². The fourth-order valence-electron chi connectivity index (χ4n) is 2.15. The Morgan fingerprint density at radius 1 is 1.12 bits per heavy atom. The lowest BCUT2D eigenvalue weighted by molar-refractivity contribution is -0.125. The number of rotatable bonds is 6. The van der Waals surface area contributed by atoms with E-state index < -0.39 is 6.10 Å². The average Bonchev–Trinajstić information content (AvgIpc) is 2.59. The molecule has 0 aromatic heterocycles. The van der Waals surface area contributed by atoms with Crippen molar-refractivity contribution < 1.29 is 14.3 Å². The van der Waals surface area contributed by atoms with Crippen LogP contribution in [0.4, 0.5) is 11.4 Å². The van der Waals surface area contributed by atoms with Crippen molar-refractivity contribution in [1.29, 1.82) is 0 Å². The SMILES string of the molecule is CO[C@@H](CN)C(=O)Nc1cc(NC(=O)c2ccccc2)ccc1C. The molecule has 0 bridgehead atoms. The molecular formula is C18H21N3O3. The third-order valence-corrected chi connectivity index (χ3v) is 3.58. The van der Waals surface area contributed by atoms with Crippen molar-refractivity contribution in [2.75, 3.05) is 24.3 Å². The van der Waals surface area contributed by atoms with Gasteiger partial charge in [-0.15, -0.1) is 0 Å². The zero-order valence-electron chi connectivity index (χ0n) is 13.7. The van der Waals surface area contributed by atoms with Gasteiger partial charge in [0.05, 0.1) is 0 Å². The summed E-state index contributed by atoms with van der Waals surface area (Å²) < 4.78 is 5.02. The van der Waals surface area contributed by atoms with E-state index in [1.807, 2.05) is 19.1 Å². The predicted octanol–water partition coefficient (Wildman–Crippen LogP) is 2.16. The summed E-state index contributed by atoms with van der Waals surface area (Å²) in [4.78, 5) is 24.3. The number of benzene rings is 2. The first kappa shape index (κ1) is 17.7. The number of hydrogen-bond donors (Lipinski definition) is 3. The molecule has 1 atom stereocenters. The van der Waals surface area contributed by atoms with Crippen LogP contribution in [-0.4, -0.2) is 31.6 Å². The Morgan fingerprint density at radius 3 is 2.46 bits per heavy atom. The molecule has 0 spiro atoms. The number of carbonyl (C=O) groups excluding carboxylic acids is 2. The molecule has 2 amide bonds. The Morgan fingerprint density at radius 2 is 1.83 bits per heavy atom. The molecule has 0 fully saturated rings. The van der Waals surface area contributed by atoms with Crippen LogP contribution in [0.5, 0.6) is 0 Å². The summed E-state index contributed by atoms with van der Waals surface area (Å²) in [5.41, 5.74) is 8.11. The van der Waals surface area contributed by atoms with Crippen LogP contribution >= 0.6 is 0 Å². The van der Waals surface area contributed by atoms with Crippen LogP contribution < -0.4 is 16.4 Å². The van der Waals surface area contributed by atoms with Gasteiger partial charge in [0.1, 0.15) is 6.10 Å². The van der Waals surface area contributed by atoms with E-state index in [0.717, 1.165) is 5.56 Å². The number of anilines is 2. The number of ether oxygens (including phenoxy) is 1. The Balaban J connectivity index is 2.13. The second kappa shape index (κ2) is 8.24. The van der Waals surface area contributed by atoms with Gasteiger partial charge in [-0.3, -0.25) is 9.59 Å². The minimum absolute atomic E-state index is 0.0891. The molecule has 0 saturated heterocycles. The van der Waals surface area contributed by atoms with Gasteiger partial charge in [0.15, 0.2) is 0 Å². The summed E-state index contributed by atoms with van der Waals surface area (Å²) in [5.74, 6) is -0.539. The monoisotopic (exact) mass is 327 g/mol. The minimum atomic E-state index is -0.716. The van der Waals surface area contributed by atoms with Crippen LogP contribution in [0.1, 0.15) is 15.9 Å². The molecule has 0 aliphatic rings. The molecule has 6 nitrogen and oxygen atoms in total. The van der Waals surface area contributed by atoms with E-state index in [2.05, 4.69) is 10.6 Å². The lowest BCUT2D eigenvalue weighted by atomic mass is 10.1. The number of methoxy groups -OCH3 is 1. The molecule has 0 heterocycles. The fourth-order valence-corrected chi connectivity index (χ4v) is 2.15. The Labute approximate surface area is 141 Å². The van der Waals surface area contributed by atoms with Gasteiger partial charge in [0.2, 0.25) is 0 Å². The average molecular weight is 327 g/mol. The smallest absolute Gasteiger partial charge is 0.255 e. The van der Waals surface area contributed by atoms with Crippen LogP contribution in [0, 0.1) is 6.92 Å². The van der Waals surface area contributed by atoms with E-state index in [-0.39, 0.29) is 18.4 Å². The largest absolute Gasteiger partial charge is 0.370 e. The number of nitrogens with one attached hydrogen (secondary N) is 2. The molecule has 0 saturated carbocycles. The summed E-state index contributed by atoms with van der Waals surface area (Å²) in [6.45, 7) is 1.95. The normalized spacial score (nSPS) is 11.6. The second-order valence-corrected chi connectivity index (χ2v) is 5.30. The highest BCUT2D eigenvalue weighted by atomic mass is 16.5. The van der Waals surface area contributed by atoms with Crippen LogP contribution in [-0.2, 0) is 9.53 Å². The first-order valence-electron chi connectivity index (χ1n) is 7.56. The van der Waals surface area contributed by atoms with Crippen molar-refractivity contribution >= 4 is 23.2 Å². The highest BCUT2D eigenvalue weighted by Crippen LogP contribution is 2.21. The summed E-state index contributed by atoms with van der Waals surface area (Å²) in [6.07, 6.45) is -0.716. The first-order chi connectivity index (χ1) is 11.5. The molecule has 0 aliphatic heterocycles. The number of nitrogens with two attached hydrogens (primary N) is 1. The topological polar surface area (TPSA) is 93.4 Å². The Hall–Kier alpha value is -2.70. The van der Waals surface area contributed by atoms with Gasteiger partial charge in [-0.05, 0) is 36.8 Å². The third-order valence-electron chi connectivity index (χ3n) is 3.58. The molecule has 126 valence electrons. The van der Waals surface area contributed by atoms with E-state index in [0.29, 0.717) is 16.9 Å². The maximum absolute atomic E-state index is 12.2. The van der Waals surface area contributed by atoms with E-state index in [4.69, 9.17) is 10.5 Å². The Bertz CT molecular complexity index is 713. The number of hydrogen-bond acceptors (Lipinski definition) is 4. The number of aryl methyl sites for hydroxylation is 1. The van der Waals surface area contributed by atoms with Gasteiger partial charge in [0.25, 0.3) is 11.8 Å². The van der Waals surface area contributed by atoms with Crippen LogP contribution in [0.3, 0.4) is 0 Å². The summed E-state index contributed by atoms with van der Waals surface area (Å²) in [5, 5.41) is 5.58. The second-order valence-electron chi connectivity index (χ2n) is 5.30. The number of amides is 2. The van der Waals surface area contributed by atoms with Crippen molar-refractivity contribution in [2.45, 2.75) is 13.0 Å². The molecule has 24 heavy (non-hydrogen) atoms. The molecule has 2 rings (SSSR count). The molecule has 4 N–H and O–H groups in total. The highest BCUT2D eigenvalue weighted by molar-refractivity contribution is 6.04. The molecular weight excluding hydrogens is 306 g/mol. The molecule has 0 aliphatic carbocycles. The zero-order chi connectivity index (χ0) is 17.5. The minimum Gasteiger partial charge on any atom is -0.370 e. The molecule has 6 heteroatoms. The summed E-state index contributed by atoms with van der Waals surface area (Å²) in [6, 6.07) is 14.2. The van der Waals surface area contributed by atoms with E-state index in [9.17, 15) is 9.59 Å². The first-order valence-corrected chi connectivity index (χ1v) is 7.56. The summed E-state index contributed by atoms with van der Waals surface area (Å²) >= 11 is 0. The molecule has 2 aromatic rings. The lowest BCUT2D eigenvalue weighted by Crippen LogP contribution is -2.36. The van der Waals surface area contributed by atoms with Gasteiger partial charge in [-0.25, -0.2) is 0 Å². The van der Waals surface area contributed by atoms with Gasteiger partial charge < -0.3 is 21.1 Å². The van der Waals surface area contributed by atoms with Gasteiger partial charge in [-0.1, -0.05) is 24.3 Å². The van der Waals surface area contributed by atoms with Gasteiger partial charge >= 0.3 is 0 Å². The van der Waals surface area contributed by atoms with Crippen molar-refractivity contribution in [3.8, 4) is 0 Å². The maximum Gasteiger partial charge on any atom is 0.255 e.